The first kappa shape index (κ1) is 14.6. The van der Waals surface area contributed by atoms with Crippen LogP contribution in [0.5, 0.6) is 0 Å². The summed E-state index contributed by atoms with van der Waals surface area (Å²) in [6, 6.07) is 8.42. The van der Waals surface area contributed by atoms with Crippen molar-refractivity contribution in [3.8, 4) is 0 Å². The molecular formula is C13H21BrN2O. The molecule has 1 rings (SSSR count). The van der Waals surface area contributed by atoms with Crippen molar-refractivity contribution in [2.75, 3.05) is 7.11 Å². The van der Waals surface area contributed by atoms with Crippen LogP contribution in [0.15, 0.2) is 28.7 Å². The van der Waals surface area contributed by atoms with E-state index in [0.29, 0.717) is 0 Å². The van der Waals surface area contributed by atoms with Crippen molar-refractivity contribution in [3.05, 3.63) is 34.3 Å². The lowest BCUT2D eigenvalue weighted by molar-refractivity contribution is 0.0609. The summed E-state index contributed by atoms with van der Waals surface area (Å²) in [6.45, 7) is 2.15. The fraction of sp³-hybridized carbons (Fsp3) is 0.538. The highest BCUT2D eigenvalue weighted by molar-refractivity contribution is 9.10. The van der Waals surface area contributed by atoms with Gasteiger partial charge < -0.3 is 4.74 Å². The minimum absolute atomic E-state index is 0.147. The van der Waals surface area contributed by atoms with Gasteiger partial charge in [0.1, 0.15) is 0 Å². The lowest BCUT2D eigenvalue weighted by Gasteiger charge is -2.25. The second-order valence-electron chi connectivity index (χ2n) is 4.17. The van der Waals surface area contributed by atoms with Crippen LogP contribution in [-0.2, 0) is 11.2 Å². The molecule has 0 aromatic heterocycles. The van der Waals surface area contributed by atoms with Crippen LogP contribution >= 0.6 is 15.9 Å². The van der Waals surface area contributed by atoms with Gasteiger partial charge in [-0.3, -0.25) is 11.3 Å². The predicted molar refractivity (Wildman–Crippen MR) is 74.7 cm³/mol. The molecule has 0 spiro atoms. The Balaban J connectivity index is 2.68. The maximum atomic E-state index is 5.62. The van der Waals surface area contributed by atoms with Crippen molar-refractivity contribution in [2.45, 2.75) is 38.3 Å². The Labute approximate surface area is 112 Å². The van der Waals surface area contributed by atoms with E-state index in [-0.39, 0.29) is 12.1 Å². The molecule has 0 saturated heterocycles. The Hall–Kier alpha value is -0.420. The van der Waals surface area contributed by atoms with Gasteiger partial charge in [0, 0.05) is 11.6 Å². The Morgan fingerprint density at radius 2 is 2.24 bits per heavy atom. The third-order valence-corrected chi connectivity index (χ3v) is 3.38. The zero-order chi connectivity index (χ0) is 12.7. The van der Waals surface area contributed by atoms with Crippen molar-refractivity contribution < 1.29 is 4.74 Å². The van der Waals surface area contributed by atoms with Crippen molar-refractivity contribution >= 4 is 15.9 Å². The molecule has 0 radical (unpaired) electrons. The number of hydrogen-bond donors (Lipinski definition) is 2. The van der Waals surface area contributed by atoms with Gasteiger partial charge in [0.05, 0.1) is 12.1 Å². The second-order valence-corrected chi connectivity index (χ2v) is 5.09. The highest BCUT2D eigenvalue weighted by Gasteiger charge is 2.19. The molecule has 2 unspecified atom stereocenters. The van der Waals surface area contributed by atoms with Crippen molar-refractivity contribution in [1.29, 1.82) is 0 Å². The monoisotopic (exact) mass is 300 g/mol. The second kappa shape index (κ2) is 7.82. The first-order chi connectivity index (χ1) is 8.21. The van der Waals surface area contributed by atoms with E-state index in [1.807, 2.05) is 12.1 Å². The fourth-order valence-corrected chi connectivity index (χ4v) is 2.43. The van der Waals surface area contributed by atoms with Crippen LogP contribution < -0.4 is 11.3 Å². The number of halogens is 1. The predicted octanol–water partition coefficient (Wildman–Crippen LogP) is 2.64. The van der Waals surface area contributed by atoms with Crippen LogP contribution in [0.2, 0.25) is 0 Å². The van der Waals surface area contributed by atoms with Gasteiger partial charge in [-0.2, -0.15) is 0 Å². The van der Waals surface area contributed by atoms with Gasteiger partial charge in [0.15, 0.2) is 0 Å². The Kier molecular flexibility index (Phi) is 6.73. The van der Waals surface area contributed by atoms with Crippen molar-refractivity contribution in [1.82, 2.24) is 5.43 Å². The summed E-state index contributed by atoms with van der Waals surface area (Å²) in [5.74, 6) is 5.62. The third-order valence-electron chi connectivity index (χ3n) is 2.88. The molecule has 0 aliphatic carbocycles. The number of nitrogens with one attached hydrogen (secondary N) is 1. The van der Waals surface area contributed by atoms with Gasteiger partial charge in [-0.1, -0.05) is 41.4 Å². The third kappa shape index (κ3) is 4.76. The smallest absolute Gasteiger partial charge is 0.0740 e. The van der Waals surface area contributed by atoms with Gasteiger partial charge >= 0.3 is 0 Å². The largest absolute Gasteiger partial charge is 0.380 e. The van der Waals surface area contributed by atoms with E-state index in [1.165, 1.54) is 5.56 Å². The topological polar surface area (TPSA) is 47.3 Å². The Bertz CT molecular complexity index is 333. The molecule has 3 N–H and O–H groups in total. The van der Waals surface area contributed by atoms with Crippen molar-refractivity contribution in [3.63, 3.8) is 0 Å². The summed E-state index contributed by atoms with van der Waals surface area (Å²) in [4.78, 5) is 0. The van der Waals surface area contributed by atoms with Gasteiger partial charge in [-0.15, -0.1) is 0 Å². The minimum Gasteiger partial charge on any atom is -0.380 e. The zero-order valence-corrected chi connectivity index (χ0v) is 12.0. The molecule has 0 aliphatic heterocycles. The SMILES string of the molecule is CCCC(OC)C(Cc1cccc(Br)c1)NN. The minimum atomic E-state index is 0.147. The molecule has 0 heterocycles. The summed E-state index contributed by atoms with van der Waals surface area (Å²) in [6.07, 6.45) is 3.13. The van der Waals surface area contributed by atoms with Crippen LogP contribution in [0.1, 0.15) is 25.3 Å². The molecule has 2 atom stereocenters. The Morgan fingerprint density at radius 1 is 1.47 bits per heavy atom. The molecule has 96 valence electrons. The number of nitrogens with two attached hydrogens (primary N) is 1. The fourth-order valence-electron chi connectivity index (χ4n) is 1.98. The molecule has 0 aliphatic rings. The standard InChI is InChI=1S/C13H21BrN2O/c1-3-5-13(17-2)12(16-15)9-10-6-4-7-11(14)8-10/h4,6-8,12-13,16H,3,5,9,15H2,1-2H3. The van der Waals surface area contributed by atoms with E-state index < -0.39 is 0 Å². The molecule has 0 fully saturated rings. The van der Waals surface area contributed by atoms with E-state index in [1.54, 1.807) is 7.11 Å². The maximum Gasteiger partial charge on any atom is 0.0740 e. The molecule has 1 aromatic rings. The van der Waals surface area contributed by atoms with E-state index in [2.05, 4.69) is 40.4 Å². The average molecular weight is 301 g/mol. The van der Waals surface area contributed by atoms with Crippen LogP contribution in [0.4, 0.5) is 0 Å². The van der Waals surface area contributed by atoms with E-state index >= 15 is 0 Å². The number of hydrogen-bond acceptors (Lipinski definition) is 3. The quantitative estimate of drug-likeness (QED) is 0.601. The molecule has 3 nitrogen and oxygen atoms in total. The van der Waals surface area contributed by atoms with E-state index in [9.17, 15) is 0 Å². The van der Waals surface area contributed by atoms with Gasteiger partial charge in [0.25, 0.3) is 0 Å². The summed E-state index contributed by atoms with van der Waals surface area (Å²) in [5.41, 5.74) is 4.12. The van der Waals surface area contributed by atoms with Gasteiger partial charge in [0.2, 0.25) is 0 Å². The highest BCUT2D eigenvalue weighted by atomic mass is 79.9. The number of hydrazine groups is 1. The zero-order valence-electron chi connectivity index (χ0n) is 10.4. The normalized spacial score (nSPS) is 14.6. The first-order valence-corrected chi connectivity index (χ1v) is 6.74. The number of ether oxygens (including phenoxy) is 1. The lowest BCUT2D eigenvalue weighted by atomic mass is 9.99. The van der Waals surface area contributed by atoms with Crippen LogP contribution in [0.3, 0.4) is 0 Å². The van der Waals surface area contributed by atoms with Gasteiger partial charge in [-0.25, -0.2) is 0 Å². The summed E-state index contributed by atoms with van der Waals surface area (Å²) in [5, 5.41) is 0. The first-order valence-electron chi connectivity index (χ1n) is 5.94. The maximum absolute atomic E-state index is 5.62. The number of rotatable bonds is 7. The van der Waals surface area contributed by atoms with E-state index in [4.69, 9.17) is 10.6 Å². The highest BCUT2D eigenvalue weighted by Crippen LogP contribution is 2.16. The lowest BCUT2D eigenvalue weighted by Crippen LogP contribution is -2.46. The molecule has 0 amide bonds. The number of benzene rings is 1. The molecule has 4 heteroatoms. The summed E-state index contributed by atoms with van der Waals surface area (Å²) < 4.78 is 6.58. The number of methoxy groups -OCH3 is 1. The van der Waals surface area contributed by atoms with Gasteiger partial charge in [-0.05, 0) is 30.5 Å². The van der Waals surface area contributed by atoms with Crippen LogP contribution in [0.25, 0.3) is 0 Å². The average Bonchev–Trinajstić information content (AvgIpc) is 2.33. The molecule has 1 aromatic carbocycles. The van der Waals surface area contributed by atoms with E-state index in [0.717, 1.165) is 23.7 Å². The van der Waals surface area contributed by atoms with Crippen LogP contribution in [-0.4, -0.2) is 19.3 Å². The summed E-state index contributed by atoms with van der Waals surface area (Å²) >= 11 is 3.48. The Morgan fingerprint density at radius 3 is 2.76 bits per heavy atom. The summed E-state index contributed by atoms with van der Waals surface area (Å²) in [7, 11) is 1.74. The van der Waals surface area contributed by atoms with Crippen LogP contribution in [0, 0.1) is 0 Å². The van der Waals surface area contributed by atoms with Crippen molar-refractivity contribution in [2.24, 2.45) is 5.84 Å². The molecule has 17 heavy (non-hydrogen) atoms. The molecular weight excluding hydrogens is 280 g/mol. The molecule has 0 saturated carbocycles. The molecule has 0 bridgehead atoms.